The quantitative estimate of drug-likeness (QED) is 0.745. The van der Waals surface area contributed by atoms with Crippen molar-refractivity contribution in [2.45, 2.75) is 26.3 Å². The monoisotopic (exact) mass is 229 g/mol. The standard InChI is InChI=1S/C13H15N3O/c1-2-13(17)15-8-6-10-11(9-15)16-7-4-3-5-12(16)14-10/h3-5,7H,2,6,8-9H2,1H3. The summed E-state index contributed by atoms with van der Waals surface area (Å²) in [5.74, 6) is 0.224. The molecule has 3 heterocycles. The second kappa shape index (κ2) is 3.87. The molecule has 88 valence electrons. The normalized spacial score (nSPS) is 15.0. The molecular weight excluding hydrogens is 214 g/mol. The van der Waals surface area contributed by atoms with Crippen molar-refractivity contribution in [2.75, 3.05) is 6.54 Å². The van der Waals surface area contributed by atoms with Crippen LogP contribution in [0, 0.1) is 0 Å². The SMILES string of the molecule is CCC(=O)N1CCc2nc3ccccn3c2C1. The summed E-state index contributed by atoms with van der Waals surface area (Å²) in [6, 6.07) is 5.99. The van der Waals surface area contributed by atoms with Crippen LogP contribution in [0.15, 0.2) is 24.4 Å². The summed E-state index contributed by atoms with van der Waals surface area (Å²) in [6.07, 6.45) is 3.45. The lowest BCUT2D eigenvalue weighted by atomic mass is 10.1. The van der Waals surface area contributed by atoms with E-state index >= 15 is 0 Å². The fraction of sp³-hybridized carbons (Fsp3) is 0.385. The molecule has 0 aliphatic carbocycles. The van der Waals surface area contributed by atoms with Crippen LogP contribution in [0.5, 0.6) is 0 Å². The van der Waals surface area contributed by atoms with Crippen molar-refractivity contribution in [3.05, 3.63) is 35.8 Å². The summed E-state index contributed by atoms with van der Waals surface area (Å²) in [5.41, 5.74) is 3.27. The Morgan fingerprint density at radius 2 is 2.35 bits per heavy atom. The van der Waals surface area contributed by atoms with Crippen molar-refractivity contribution in [3.63, 3.8) is 0 Å². The zero-order chi connectivity index (χ0) is 11.8. The van der Waals surface area contributed by atoms with Crippen molar-refractivity contribution in [1.29, 1.82) is 0 Å². The van der Waals surface area contributed by atoms with Gasteiger partial charge in [-0.15, -0.1) is 0 Å². The van der Waals surface area contributed by atoms with Crippen molar-refractivity contribution in [1.82, 2.24) is 14.3 Å². The lowest BCUT2D eigenvalue weighted by molar-refractivity contribution is -0.131. The molecule has 0 saturated carbocycles. The van der Waals surface area contributed by atoms with E-state index in [0.29, 0.717) is 13.0 Å². The van der Waals surface area contributed by atoms with E-state index < -0.39 is 0 Å². The van der Waals surface area contributed by atoms with Crippen LogP contribution in [-0.4, -0.2) is 26.7 Å². The maximum absolute atomic E-state index is 11.7. The van der Waals surface area contributed by atoms with Gasteiger partial charge in [0.25, 0.3) is 0 Å². The van der Waals surface area contributed by atoms with Gasteiger partial charge in [0.15, 0.2) is 0 Å². The van der Waals surface area contributed by atoms with Crippen molar-refractivity contribution in [3.8, 4) is 0 Å². The third-order valence-electron chi connectivity index (χ3n) is 3.33. The number of aromatic nitrogens is 2. The Morgan fingerprint density at radius 1 is 1.47 bits per heavy atom. The molecule has 4 nitrogen and oxygen atoms in total. The first kappa shape index (κ1) is 10.3. The lowest BCUT2D eigenvalue weighted by Crippen LogP contribution is -2.35. The highest BCUT2D eigenvalue weighted by Crippen LogP contribution is 2.20. The van der Waals surface area contributed by atoms with Gasteiger partial charge in [-0.25, -0.2) is 4.98 Å². The average molecular weight is 229 g/mol. The minimum atomic E-state index is 0.224. The molecule has 3 rings (SSSR count). The molecule has 0 spiro atoms. The third kappa shape index (κ3) is 1.60. The van der Waals surface area contributed by atoms with E-state index in [1.807, 2.05) is 36.2 Å². The number of hydrogen-bond donors (Lipinski definition) is 0. The molecule has 0 fully saturated rings. The number of nitrogens with zero attached hydrogens (tertiary/aromatic N) is 3. The number of amides is 1. The van der Waals surface area contributed by atoms with E-state index in [9.17, 15) is 4.79 Å². The van der Waals surface area contributed by atoms with Gasteiger partial charge in [-0.1, -0.05) is 13.0 Å². The highest BCUT2D eigenvalue weighted by molar-refractivity contribution is 5.76. The number of carbonyl (C=O) groups excluding carboxylic acids is 1. The highest BCUT2D eigenvalue weighted by atomic mass is 16.2. The van der Waals surface area contributed by atoms with Crippen molar-refractivity contribution < 1.29 is 4.79 Å². The number of rotatable bonds is 1. The second-order valence-corrected chi connectivity index (χ2v) is 4.35. The largest absolute Gasteiger partial charge is 0.336 e. The highest BCUT2D eigenvalue weighted by Gasteiger charge is 2.23. The number of fused-ring (bicyclic) bond motifs is 3. The fourth-order valence-corrected chi connectivity index (χ4v) is 2.40. The molecule has 0 aromatic carbocycles. The van der Waals surface area contributed by atoms with Crippen LogP contribution in [0.2, 0.25) is 0 Å². The van der Waals surface area contributed by atoms with E-state index in [1.165, 1.54) is 0 Å². The van der Waals surface area contributed by atoms with Crippen molar-refractivity contribution >= 4 is 11.6 Å². The maximum atomic E-state index is 11.7. The molecular formula is C13H15N3O. The predicted octanol–water partition coefficient (Wildman–Crippen LogP) is 1.63. The van der Waals surface area contributed by atoms with Gasteiger partial charge in [0.05, 0.1) is 17.9 Å². The molecule has 0 radical (unpaired) electrons. The van der Waals surface area contributed by atoms with E-state index in [-0.39, 0.29) is 5.91 Å². The Morgan fingerprint density at radius 3 is 3.18 bits per heavy atom. The van der Waals surface area contributed by atoms with Crippen LogP contribution >= 0.6 is 0 Å². The Labute approximate surface area is 99.9 Å². The summed E-state index contributed by atoms with van der Waals surface area (Å²) >= 11 is 0. The van der Waals surface area contributed by atoms with Gasteiger partial charge >= 0.3 is 0 Å². The molecule has 2 aromatic rings. The molecule has 17 heavy (non-hydrogen) atoms. The summed E-state index contributed by atoms with van der Waals surface area (Å²) < 4.78 is 2.09. The summed E-state index contributed by atoms with van der Waals surface area (Å²) in [6.45, 7) is 3.39. The van der Waals surface area contributed by atoms with E-state index in [1.54, 1.807) is 0 Å². The molecule has 0 bridgehead atoms. The Kier molecular flexibility index (Phi) is 2.35. The molecule has 1 aliphatic heterocycles. The zero-order valence-corrected chi connectivity index (χ0v) is 9.89. The molecule has 2 aromatic heterocycles. The molecule has 0 N–H and O–H groups in total. The first-order valence-electron chi connectivity index (χ1n) is 6.02. The summed E-state index contributed by atoms with van der Waals surface area (Å²) in [4.78, 5) is 18.2. The third-order valence-corrected chi connectivity index (χ3v) is 3.33. The van der Waals surface area contributed by atoms with Gasteiger partial charge in [0.1, 0.15) is 5.65 Å². The average Bonchev–Trinajstić information content (AvgIpc) is 2.75. The number of imidazole rings is 1. The maximum Gasteiger partial charge on any atom is 0.222 e. The van der Waals surface area contributed by atoms with Gasteiger partial charge in [-0.3, -0.25) is 4.79 Å². The Hall–Kier alpha value is -1.84. The van der Waals surface area contributed by atoms with Crippen LogP contribution in [0.4, 0.5) is 0 Å². The van der Waals surface area contributed by atoms with Crippen LogP contribution < -0.4 is 0 Å². The van der Waals surface area contributed by atoms with E-state index in [4.69, 9.17) is 0 Å². The van der Waals surface area contributed by atoms with Crippen LogP contribution in [-0.2, 0) is 17.8 Å². The Bertz CT molecular complexity index is 573. The van der Waals surface area contributed by atoms with Gasteiger partial charge in [-0.05, 0) is 12.1 Å². The molecule has 4 heteroatoms. The van der Waals surface area contributed by atoms with Gasteiger partial charge in [0.2, 0.25) is 5.91 Å². The van der Waals surface area contributed by atoms with Crippen LogP contribution in [0.1, 0.15) is 24.7 Å². The van der Waals surface area contributed by atoms with Crippen molar-refractivity contribution in [2.24, 2.45) is 0 Å². The Balaban J connectivity index is 2.03. The molecule has 0 unspecified atom stereocenters. The van der Waals surface area contributed by atoms with E-state index in [0.717, 1.165) is 30.0 Å². The fourth-order valence-electron chi connectivity index (χ4n) is 2.40. The molecule has 1 aliphatic rings. The smallest absolute Gasteiger partial charge is 0.222 e. The molecule has 1 amide bonds. The summed E-state index contributed by atoms with van der Waals surface area (Å²) in [5, 5.41) is 0. The second-order valence-electron chi connectivity index (χ2n) is 4.35. The summed E-state index contributed by atoms with van der Waals surface area (Å²) in [7, 11) is 0. The van der Waals surface area contributed by atoms with Gasteiger partial charge < -0.3 is 9.30 Å². The first-order chi connectivity index (χ1) is 8.29. The number of carbonyl (C=O) groups is 1. The minimum absolute atomic E-state index is 0.224. The van der Waals surface area contributed by atoms with Crippen LogP contribution in [0.25, 0.3) is 5.65 Å². The van der Waals surface area contributed by atoms with E-state index in [2.05, 4.69) is 9.38 Å². The number of hydrogen-bond acceptors (Lipinski definition) is 2. The van der Waals surface area contributed by atoms with Crippen LogP contribution in [0.3, 0.4) is 0 Å². The lowest BCUT2D eigenvalue weighted by Gasteiger charge is -2.26. The van der Waals surface area contributed by atoms with Gasteiger partial charge in [-0.2, -0.15) is 0 Å². The molecule has 0 saturated heterocycles. The topological polar surface area (TPSA) is 37.6 Å². The zero-order valence-electron chi connectivity index (χ0n) is 9.89. The molecule has 0 atom stereocenters. The minimum Gasteiger partial charge on any atom is -0.336 e. The predicted molar refractivity (Wildman–Crippen MR) is 64.6 cm³/mol. The van der Waals surface area contributed by atoms with Gasteiger partial charge in [0, 0.05) is 25.6 Å². The number of pyridine rings is 1. The first-order valence-corrected chi connectivity index (χ1v) is 6.02.